The standard InChI is InChI=1S/C16H21FN2O4/c1-16(2,3)23-15(20)18-11-5-4-6-13(11)22-14-9-10(17)7-8-12(14)19-21/h7-9,11,13H,4-6H2,1-3H3,(H,18,20)/t11?,13-/m0/s1. The van der Waals surface area contributed by atoms with Gasteiger partial charge in [-0.15, -0.1) is 4.91 Å². The Hall–Kier alpha value is -2.18. The summed E-state index contributed by atoms with van der Waals surface area (Å²) in [4.78, 5) is 22.7. The number of halogens is 1. The third kappa shape index (κ3) is 4.91. The number of nitrogens with zero attached hydrogens (tertiary/aromatic N) is 1. The van der Waals surface area contributed by atoms with Crippen LogP contribution in [0.1, 0.15) is 40.0 Å². The van der Waals surface area contributed by atoms with E-state index in [2.05, 4.69) is 10.5 Å². The molecule has 1 N–H and O–H groups in total. The van der Waals surface area contributed by atoms with Gasteiger partial charge in [0.2, 0.25) is 0 Å². The quantitative estimate of drug-likeness (QED) is 0.848. The summed E-state index contributed by atoms with van der Waals surface area (Å²) in [6.45, 7) is 5.35. The molecule has 0 saturated heterocycles. The molecule has 6 nitrogen and oxygen atoms in total. The van der Waals surface area contributed by atoms with E-state index in [9.17, 15) is 14.1 Å². The molecule has 23 heavy (non-hydrogen) atoms. The zero-order chi connectivity index (χ0) is 17.0. The molecule has 1 aromatic rings. The lowest BCUT2D eigenvalue weighted by Crippen LogP contribution is -2.44. The third-order valence-corrected chi connectivity index (χ3v) is 3.45. The van der Waals surface area contributed by atoms with E-state index < -0.39 is 17.5 Å². The number of nitroso groups, excluding NO2 is 1. The van der Waals surface area contributed by atoms with Crippen molar-refractivity contribution in [2.24, 2.45) is 5.18 Å². The molecule has 0 heterocycles. The van der Waals surface area contributed by atoms with Gasteiger partial charge in [-0.3, -0.25) is 0 Å². The van der Waals surface area contributed by atoms with Crippen LogP contribution in [0.4, 0.5) is 14.9 Å². The Labute approximate surface area is 134 Å². The van der Waals surface area contributed by atoms with Gasteiger partial charge in [-0.1, -0.05) is 0 Å². The maximum atomic E-state index is 13.3. The molecule has 0 radical (unpaired) electrons. The average Bonchev–Trinajstić information content (AvgIpc) is 2.84. The topological polar surface area (TPSA) is 77.0 Å². The number of hydrogen-bond acceptors (Lipinski definition) is 5. The van der Waals surface area contributed by atoms with Crippen molar-refractivity contribution >= 4 is 11.8 Å². The highest BCUT2D eigenvalue weighted by molar-refractivity contribution is 5.68. The summed E-state index contributed by atoms with van der Waals surface area (Å²) in [5.41, 5.74) is -0.551. The van der Waals surface area contributed by atoms with Gasteiger partial charge in [0.05, 0.1) is 6.04 Å². The molecule has 1 fully saturated rings. The van der Waals surface area contributed by atoms with Crippen LogP contribution in [0.3, 0.4) is 0 Å². The molecule has 1 unspecified atom stereocenters. The SMILES string of the molecule is CC(C)(C)OC(=O)NC1CCC[C@@H]1Oc1cc(F)ccc1N=O. The minimum atomic E-state index is -0.587. The van der Waals surface area contributed by atoms with Crippen molar-refractivity contribution in [3.8, 4) is 5.75 Å². The lowest BCUT2D eigenvalue weighted by atomic mass is 10.2. The molecule has 7 heteroatoms. The second-order valence-corrected chi connectivity index (χ2v) is 6.54. The summed E-state index contributed by atoms with van der Waals surface area (Å²) >= 11 is 0. The molecule has 2 rings (SSSR count). The van der Waals surface area contributed by atoms with Gasteiger partial charge in [-0.2, -0.15) is 0 Å². The Morgan fingerprint density at radius 2 is 2.09 bits per heavy atom. The number of rotatable bonds is 4. The van der Waals surface area contributed by atoms with E-state index >= 15 is 0 Å². The molecule has 0 bridgehead atoms. The highest BCUT2D eigenvalue weighted by Crippen LogP contribution is 2.32. The van der Waals surface area contributed by atoms with Crippen molar-refractivity contribution in [1.29, 1.82) is 0 Å². The minimum absolute atomic E-state index is 0.0364. The molecule has 1 saturated carbocycles. The smallest absolute Gasteiger partial charge is 0.408 e. The molecule has 126 valence electrons. The van der Waals surface area contributed by atoms with Gasteiger partial charge < -0.3 is 14.8 Å². The summed E-state index contributed by atoms with van der Waals surface area (Å²) in [6, 6.07) is 3.28. The van der Waals surface area contributed by atoms with Crippen molar-refractivity contribution in [1.82, 2.24) is 5.32 Å². The molecule has 0 spiro atoms. The minimum Gasteiger partial charge on any atom is -0.486 e. The number of nitrogens with one attached hydrogen (secondary N) is 1. The fourth-order valence-electron chi connectivity index (χ4n) is 2.51. The fourth-order valence-corrected chi connectivity index (χ4v) is 2.51. The summed E-state index contributed by atoms with van der Waals surface area (Å²) in [5, 5.41) is 5.60. The van der Waals surface area contributed by atoms with Crippen LogP contribution in [-0.2, 0) is 4.74 Å². The maximum absolute atomic E-state index is 13.3. The molecule has 1 aliphatic carbocycles. The fraction of sp³-hybridized carbons (Fsp3) is 0.562. The first-order chi connectivity index (χ1) is 10.8. The van der Waals surface area contributed by atoms with E-state index in [1.807, 2.05) is 0 Å². The van der Waals surface area contributed by atoms with E-state index in [4.69, 9.17) is 9.47 Å². The van der Waals surface area contributed by atoms with E-state index in [1.54, 1.807) is 20.8 Å². The van der Waals surface area contributed by atoms with Crippen molar-refractivity contribution < 1.29 is 18.7 Å². The largest absolute Gasteiger partial charge is 0.486 e. The van der Waals surface area contributed by atoms with Crippen LogP contribution in [0.2, 0.25) is 0 Å². The van der Waals surface area contributed by atoms with E-state index in [1.165, 1.54) is 6.07 Å². The lowest BCUT2D eigenvalue weighted by Gasteiger charge is -2.25. The lowest BCUT2D eigenvalue weighted by molar-refractivity contribution is 0.0464. The van der Waals surface area contributed by atoms with Crippen molar-refractivity contribution in [3.63, 3.8) is 0 Å². The molecule has 0 aromatic heterocycles. The van der Waals surface area contributed by atoms with Gasteiger partial charge in [-0.25, -0.2) is 9.18 Å². The number of amides is 1. The van der Waals surface area contributed by atoms with Gasteiger partial charge in [0.15, 0.2) is 5.75 Å². The Morgan fingerprint density at radius 1 is 1.35 bits per heavy atom. The molecule has 1 aliphatic rings. The normalized spacial score (nSPS) is 20.9. The highest BCUT2D eigenvalue weighted by Gasteiger charge is 2.32. The van der Waals surface area contributed by atoms with Gasteiger partial charge in [0.25, 0.3) is 0 Å². The zero-order valence-electron chi connectivity index (χ0n) is 13.5. The molecule has 1 amide bonds. The van der Waals surface area contributed by atoms with Crippen molar-refractivity contribution in [2.75, 3.05) is 0 Å². The Balaban J connectivity index is 2.03. The first-order valence-electron chi connectivity index (χ1n) is 7.57. The number of hydrogen-bond donors (Lipinski definition) is 1. The zero-order valence-corrected chi connectivity index (χ0v) is 13.5. The highest BCUT2D eigenvalue weighted by atomic mass is 19.1. The van der Waals surface area contributed by atoms with Gasteiger partial charge >= 0.3 is 6.09 Å². The molecule has 1 aromatic carbocycles. The summed E-state index contributed by atoms with van der Waals surface area (Å²) < 4.78 is 24.3. The average molecular weight is 324 g/mol. The van der Waals surface area contributed by atoms with Gasteiger partial charge in [0.1, 0.15) is 23.2 Å². The number of carbonyl (C=O) groups is 1. The first kappa shape index (κ1) is 17.2. The second kappa shape index (κ2) is 6.93. The van der Waals surface area contributed by atoms with Crippen molar-refractivity contribution in [2.45, 2.75) is 57.8 Å². The van der Waals surface area contributed by atoms with Crippen LogP contribution in [0.15, 0.2) is 23.4 Å². The van der Waals surface area contributed by atoms with Crippen LogP contribution >= 0.6 is 0 Å². The van der Waals surface area contributed by atoms with Crippen LogP contribution in [0.25, 0.3) is 0 Å². The first-order valence-corrected chi connectivity index (χ1v) is 7.57. The number of benzene rings is 1. The number of carbonyl (C=O) groups excluding carboxylic acids is 1. The Kier molecular flexibility index (Phi) is 5.18. The second-order valence-electron chi connectivity index (χ2n) is 6.54. The summed E-state index contributed by atoms with van der Waals surface area (Å²) in [5.74, 6) is -0.426. The predicted molar refractivity (Wildman–Crippen MR) is 83.3 cm³/mol. The third-order valence-electron chi connectivity index (χ3n) is 3.45. The van der Waals surface area contributed by atoms with E-state index in [0.29, 0.717) is 6.42 Å². The number of alkyl carbamates (subject to hydrolysis) is 1. The van der Waals surface area contributed by atoms with Crippen LogP contribution < -0.4 is 10.1 Å². The van der Waals surface area contributed by atoms with Crippen LogP contribution in [0.5, 0.6) is 5.75 Å². The molecule has 0 aliphatic heterocycles. The Morgan fingerprint density at radius 3 is 2.74 bits per heavy atom. The summed E-state index contributed by atoms with van der Waals surface area (Å²) in [7, 11) is 0. The van der Waals surface area contributed by atoms with Crippen LogP contribution in [0, 0.1) is 10.7 Å². The molecular formula is C16H21FN2O4. The van der Waals surface area contributed by atoms with Gasteiger partial charge in [-0.05, 0) is 57.3 Å². The van der Waals surface area contributed by atoms with Gasteiger partial charge in [0, 0.05) is 6.07 Å². The van der Waals surface area contributed by atoms with E-state index in [0.717, 1.165) is 25.0 Å². The van der Waals surface area contributed by atoms with Crippen LogP contribution in [-0.4, -0.2) is 23.8 Å². The molecular weight excluding hydrogens is 303 g/mol. The van der Waals surface area contributed by atoms with Crippen molar-refractivity contribution in [3.05, 3.63) is 28.9 Å². The summed E-state index contributed by atoms with van der Waals surface area (Å²) in [6.07, 6.45) is 1.39. The maximum Gasteiger partial charge on any atom is 0.408 e. The predicted octanol–water partition coefficient (Wildman–Crippen LogP) is 4.05. The molecule has 2 atom stereocenters. The Bertz CT molecular complexity index is 586. The number of ether oxygens (including phenoxy) is 2. The monoisotopic (exact) mass is 324 g/mol. The van der Waals surface area contributed by atoms with E-state index in [-0.39, 0.29) is 23.6 Å².